The minimum Gasteiger partial charge on any atom is -0.466 e. The Labute approximate surface area is 186 Å². The Bertz CT molecular complexity index is 407. The van der Waals surface area contributed by atoms with Crippen molar-refractivity contribution in [3.8, 4) is 0 Å². The molecule has 1 atom stereocenters. The first kappa shape index (κ1) is 29.2. The second-order valence-electron chi connectivity index (χ2n) is 7.56. The van der Waals surface area contributed by atoms with Crippen LogP contribution >= 0.6 is 12.0 Å². The molecule has 8 heteroatoms. The Hall–Kier alpha value is -0.830. The average molecular weight is 451 g/mol. The van der Waals surface area contributed by atoms with Crippen LogP contribution in [-0.4, -0.2) is 35.7 Å². The highest BCUT2D eigenvalue weighted by Crippen LogP contribution is 2.19. The lowest BCUT2D eigenvalue weighted by Crippen LogP contribution is -2.25. The van der Waals surface area contributed by atoms with E-state index in [2.05, 4.69) is 23.2 Å². The average Bonchev–Trinajstić information content (AvgIpc) is 2.74. The van der Waals surface area contributed by atoms with Crippen LogP contribution in [-0.2, 0) is 28.4 Å². The SMILES string of the molecule is CCCCCCCCCOC(=O)CC(SOOO)C(=O)OCCCCCCCCC. The lowest BCUT2D eigenvalue weighted by molar-refractivity contribution is -0.432. The lowest BCUT2D eigenvalue weighted by Gasteiger charge is -2.13. The van der Waals surface area contributed by atoms with Crippen LogP contribution in [0.25, 0.3) is 0 Å². The maximum absolute atomic E-state index is 12.2. The topological polar surface area (TPSA) is 91.3 Å². The molecular formula is C22H42O7S. The van der Waals surface area contributed by atoms with E-state index in [4.69, 9.17) is 14.7 Å². The van der Waals surface area contributed by atoms with Crippen molar-refractivity contribution in [3.63, 3.8) is 0 Å². The fraction of sp³-hybridized carbons (Fsp3) is 0.909. The van der Waals surface area contributed by atoms with Gasteiger partial charge in [0.2, 0.25) is 0 Å². The molecule has 7 nitrogen and oxygen atoms in total. The first-order valence-corrected chi connectivity index (χ1v) is 12.4. The molecule has 0 aliphatic heterocycles. The van der Waals surface area contributed by atoms with Gasteiger partial charge in [-0.25, -0.2) is 5.26 Å². The van der Waals surface area contributed by atoms with Gasteiger partial charge in [0.25, 0.3) is 0 Å². The molecule has 0 rings (SSSR count). The first-order valence-electron chi connectivity index (χ1n) is 11.6. The monoisotopic (exact) mass is 450 g/mol. The number of carbonyl (C=O) groups is 2. The molecule has 0 aromatic rings. The Balaban J connectivity index is 3.94. The van der Waals surface area contributed by atoms with Crippen molar-refractivity contribution in [2.45, 2.75) is 115 Å². The van der Waals surface area contributed by atoms with Gasteiger partial charge in [0.05, 0.1) is 31.7 Å². The van der Waals surface area contributed by atoms with E-state index in [9.17, 15) is 9.59 Å². The maximum atomic E-state index is 12.2. The quantitative estimate of drug-likeness (QED) is 0.0666. The Morgan fingerprint density at radius 1 is 0.733 bits per heavy atom. The van der Waals surface area contributed by atoms with Crippen molar-refractivity contribution in [1.82, 2.24) is 0 Å². The fourth-order valence-electron chi connectivity index (χ4n) is 3.00. The third-order valence-electron chi connectivity index (χ3n) is 4.80. The normalized spacial score (nSPS) is 12.0. The van der Waals surface area contributed by atoms with Crippen LogP contribution in [0.4, 0.5) is 0 Å². The van der Waals surface area contributed by atoms with Gasteiger partial charge in [-0.15, -0.1) is 4.33 Å². The molecule has 0 saturated heterocycles. The van der Waals surface area contributed by atoms with Crippen molar-refractivity contribution in [2.75, 3.05) is 13.2 Å². The second-order valence-corrected chi connectivity index (χ2v) is 8.46. The Kier molecular flexibility index (Phi) is 22.2. The third-order valence-corrected chi connectivity index (χ3v) is 5.53. The van der Waals surface area contributed by atoms with E-state index in [1.54, 1.807) is 0 Å². The van der Waals surface area contributed by atoms with E-state index in [0.29, 0.717) is 25.3 Å². The molecule has 1 unspecified atom stereocenters. The van der Waals surface area contributed by atoms with E-state index in [-0.39, 0.29) is 6.42 Å². The summed E-state index contributed by atoms with van der Waals surface area (Å²) in [4.78, 5) is 24.2. The smallest absolute Gasteiger partial charge is 0.322 e. The van der Waals surface area contributed by atoms with Crippen LogP contribution in [0, 0.1) is 0 Å². The summed E-state index contributed by atoms with van der Waals surface area (Å²) in [7, 11) is 0. The predicted molar refractivity (Wildman–Crippen MR) is 119 cm³/mol. The van der Waals surface area contributed by atoms with Crippen molar-refractivity contribution < 1.29 is 33.7 Å². The first-order chi connectivity index (χ1) is 14.7. The fourth-order valence-corrected chi connectivity index (χ4v) is 3.48. The van der Waals surface area contributed by atoms with Crippen LogP contribution in [0.15, 0.2) is 0 Å². The van der Waals surface area contributed by atoms with Gasteiger partial charge in [0.15, 0.2) is 0 Å². The molecule has 0 radical (unpaired) electrons. The molecular weight excluding hydrogens is 408 g/mol. The predicted octanol–water partition coefficient (Wildman–Crippen LogP) is 6.40. The van der Waals surface area contributed by atoms with Crippen molar-refractivity contribution in [2.24, 2.45) is 0 Å². The van der Waals surface area contributed by atoms with Gasteiger partial charge in [-0.05, 0) is 12.8 Å². The number of hydrogen-bond donors (Lipinski definition) is 1. The van der Waals surface area contributed by atoms with Crippen LogP contribution in [0.2, 0.25) is 0 Å². The molecule has 0 saturated carbocycles. The van der Waals surface area contributed by atoms with Crippen LogP contribution < -0.4 is 0 Å². The van der Waals surface area contributed by atoms with Crippen LogP contribution in [0.5, 0.6) is 0 Å². The number of unbranched alkanes of at least 4 members (excludes halogenated alkanes) is 12. The van der Waals surface area contributed by atoms with E-state index < -0.39 is 17.2 Å². The second kappa shape index (κ2) is 22.8. The van der Waals surface area contributed by atoms with E-state index >= 15 is 0 Å². The van der Waals surface area contributed by atoms with Crippen molar-refractivity contribution in [1.29, 1.82) is 0 Å². The standard InChI is InChI=1S/C22H42O7S/c1-3-5-7-9-11-13-15-17-26-21(23)19-20(30-29-28-25)22(24)27-18-16-14-12-10-8-6-4-2/h20,25H,3-19H2,1-2H3. The summed E-state index contributed by atoms with van der Waals surface area (Å²) in [5.74, 6) is -1.07. The number of esters is 2. The minimum absolute atomic E-state index is 0.194. The van der Waals surface area contributed by atoms with E-state index in [1.165, 1.54) is 51.4 Å². The molecule has 0 fully saturated rings. The number of ether oxygens (including phenoxy) is 2. The zero-order valence-electron chi connectivity index (χ0n) is 18.9. The highest BCUT2D eigenvalue weighted by molar-refractivity contribution is 7.95. The summed E-state index contributed by atoms with van der Waals surface area (Å²) in [5.41, 5.74) is 0. The summed E-state index contributed by atoms with van der Waals surface area (Å²) < 4.78 is 14.8. The summed E-state index contributed by atoms with van der Waals surface area (Å²) in [6, 6.07) is 0. The van der Waals surface area contributed by atoms with Gasteiger partial charge < -0.3 is 9.47 Å². The highest BCUT2D eigenvalue weighted by atomic mass is 32.2. The molecule has 178 valence electrons. The summed E-state index contributed by atoms with van der Waals surface area (Å²) >= 11 is 0.543. The van der Waals surface area contributed by atoms with Gasteiger partial charge in [0.1, 0.15) is 5.25 Å². The van der Waals surface area contributed by atoms with Crippen molar-refractivity contribution in [3.05, 3.63) is 0 Å². The lowest BCUT2D eigenvalue weighted by atomic mass is 10.1. The Morgan fingerprint density at radius 2 is 1.20 bits per heavy atom. The summed E-state index contributed by atoms with van der Waals surface area (Å²) in [5, 5.41) is 10.9. The third kappa shape index (κ3) is 19.2. The molecule has 30 heavy (non-hydrogen) atoms. The molecule has 0 spiro atoms. The summed E-state index contributed by atoms with van der Waals surface area (Å²) in [6.07, 6.45) is 15.6. The molecule has 0 aromatic carbocycles. The van der Waals surface area contributed by atoms with Crippen molar-refractivity contribution >= 4 is 24.0 Å². The molecule has 0 heterocycles. The molecule has 0 aliphatic carbocycles. The van der Waals surface area contributed by atoms with Gasteiger partial charge in [0, 0.05) is 0 Å². The maximum Gasteiger partial charge on any atom is 0.322 e. The summed E-state index contributed by atoms with van der Waals surface area (Å²) in [6.45, 7) is 5.02. The van der Waals surface area contributed by atoms with E-state index in [0.717, 1.165) is 38.5 Å². The molecule has 0 aromatic heterocycles. The Morgan fingerprint density at radius 3 is 1.70 bits per heavy atom. The number of hydrogen-bond acceptors (Lipinski definition) is 8. The molecule has 0 aliphatic rings. The van der Waals surface area contributed by atoms with Gasteiger partial charge in [-0.3, -0.25) is 9.59 Å². The zero-order valence-corrected chi connectivity index (χ0v) is 19.7. The van der Waals surface area contributed by atoms with Gasteiger partial charge in [-0.1, -0.05) is 95.9 Å². The van der Waals surface area contributed by atoms with Gasteiger partial charge >= 0.3 is 11.9 Å². The van der Waals surface area contributed by atoms with E-state index in [1.807, 2.05) is 0 Å². The highest BCUT2D eigenvalue weighted by Gasteiger charge is 2.26. The largest absolute Gasteiger partial charge is 0.466 e. The molecule has 0 bridgehead atoms. The number of carbonyl (C=O) groups excluding carboxylic acids is 2. The van der Waals surface area contributed by atoms with Gasteiger partial charge in [-0.2, -0.15) is 0 Å². The molecule has 1 N–H and O–H groups in total. The number of rotatable bonds is 22. The zero-order chi connectivity index (χ0) is 22.3. The minimum atomic E-state index is -0.941. The van der Waals surface area contributed by atoms with Crippen LogP contribution in [0.1, 0.15) is 110 Å². The van der Waals surface area contributed by atoms with Crippen LogP contribution in [0.3, 0.4) is 0 Å². The molecule has 0 amide bonds.